The number of hydrogen-bond donors (Lipinski definition) is 2. The molecule has 5 nitrogen and oxygen atoms in total. The van der Waals surface area contributed by atoms with Crippen LogP contribution in [-0.2, 0) is 4.79 Å². The number of ether oxygens (including phenoxy) is 1. The highest BCUT2D eigenvalue weighted by atomic mass is 35.5. The largest absolute Gasteiger partial charge is 0.481 e. The van der Waals surface area contributed by atoms with Gasteiger partial charge in [0.2, 0.25) is 0 Å². The van der Waals surface area contributed by atoms with E-state index in [0.717, 1.165) is 12.8 Å². The number of benzene rings is 1. The molecule has 1 rings (SSSR count). The minimum absolute atomic E-state index is 0.0539. The summed E-state index contributed by atoms with van der Waals surface area (Å²) in [6.45, 7) is 5.61. The number of carbonyl (C=O) groups is 2. The van der Waals surface area contributed by atoms with Gasteiger partial charge >= 0.3 is 5.97 Å². The van der Waals surface area contributed by atoms with Gasteiger partial charge in [-0.2, -0.15) is 0 Å². The van der Waals surface area contributed by atoms with Gasteiger partial charge in [0.15, 0.2) is 6.10 Å². The Balaban J connectivity index is 2.74. The fourth-order valence-electron chi connectivity index (χ4n) is 1.81. The van der Waals surface area contributed by atoms with Gasteiger partial charge in [-0.25, -0.2) is 4.79 Å². The average molecular weight is 314 g/mol. The number of halogens is 1. The van der Waals surface area contributed by atoms with Crippen LogP contribution in [0.25, 0.3) is 0 Å². The van der Waals surface area contributed by atoms with Gasteiger partial charge in [0.25, 0.3) is 5.91 Å². The topological polar surface area (TPSA) is 75.6 Å². The highest BCUT2D eigenvalue weighted by Crippen LogP contribution is 2.23. The first-order valence-corrected chi connectivity index (χ1v) is 7.26. The van der Waals surface area contributed by atoms with Gasteiger partial charge in [-0.15, -0.1) is 0 Å². The Labute approximate surface area is 129 Å². The molecular formula is C15H20ClNO4. The van der Waals surface area contributed by atoms with Crippen LogP contribution in [0.5, 0.6) is 5.75 Å². The van der Waals surface area contributed by atoms with E-state index in [1.165, 1.54) is 18.2 Å². The molecule has 116 valence electrons. The van der Waals surface area contributed by atoms with E-state index < -0.39 is 12.1 Å². The van der Waals surface area contributed by atoms with Crippen molar-refractivity contribution in [1.82, 2.24) is 5.32 Å². The van der Waals surface area contributed by atoms with Crippen LogP contribution in [0.1, 0.15) is 44.0 Å². The molecule has 0 aromatic heterocycles. The Kier molecular flexibility index (Phi) is 6.49. The lowest BCUT2D eigenvalue weighted by molar-refractivity contribution is -0.128. The monoisotopic (exact) mass is 313 g/mol. The average Bonchev–Trinajstić information content (AvgIpc) is 2.46. The molecule has 1 amide bonds. The van der Waals surface area contributed by atoms with E-state index in [4.69, 9.17) is 21.4 Å². The van der Waals surface area contributed by atoms with Crippen LogP contribution in [0.3, 0.4) is 0 Å². The molecule has 1 unspecified atom stereocenters. The summed E-state index contributed by atoms with van der Waals surface area (Å²) in [5.74, 6) is -1.07. The first-order chi connectivity index (χ1) is 9.88. The summed E-state index contributed by atoms with van der Waals surface area (Å²) in [4.78, 5) is 23.0. The van der Waals surface area contributed by atoms with E-state index in [-0.39, 0.29) is 22.5 Å². The molecule has 1 aromatic carbocycles. The molecular weight excluding hydrogens is 294 g/mol. The van der Waals surface area contributed by atoms with Crippen molar-refractivity contribution in [1.29, 1.82) is 0 Å². The zero-order valence-corrected chi connectivity index (χ0v) is 13.1. The van der Waals surface area contributed by atoms with Crippen molar-refractivity contribution in [3.63, 3.8) is 0 Å². The Morgan fingerprint density at radius 3 is 2.48 bits per heavy atom. The second-order valence-corrected chi connectivity index (χ2v) is 5.14. The minimum Gasteiger partial charge on any atom is -0.481 e. The predicted molar refractivity (Wildman–Crippen MR) is 81.0 cm³/mol. The van der Waals surface area contributed by atoms with Crippen LogP contribution >= 0.6 is 11.6 Å². The number of nitrogens with one attached hydrogen (secondary N) is 1. The molecule has 1 aromatic rings. The van der Waals surface area contributed by atoms with Crippen LogP contribution in [0.4, 0.5) is 0 Å². The summed E-state index contributed by atoms with van der Waals surface area (Å²) in [7, 11) is 0. The van der Waals surface area contributed by atoms with Gasteiger partial charge in [-0.1, -0.05) is 25.4 Å². The zero-order valence-electron chi connectivity index (χ0n) is 12.4. The third kappa shape index (κ3) is 4.93. The van der Waals surface area contributed by atoms with Crippen molar-refractivity contribution in [2.24, 2.45) is 0 Å². The van der Waals surface area contributed by atoms with Crippen LogP contribution in [0.15, 0.2) is 18.2 Å². The number of carbonyl (C=O) groups excluding carboxylic acids is 1. The number of hydrogen-bond acceptors (Lipinski definition) is 3. The van der Waals surface area contributed by atoms with E-state index in [1.807, 2.05) is 13.8 Å². The maximum absolute atomic E-state index is 12.0. The predicted octanol–water partition coefficient (Wildman–Crippen LogP) is 3.11. The molecule has 1 atom stereocenters. The third-order valence-corrected chi connectivity index (χ3v) is 3.51. The van der Waals surface area contributed by atoms with E-state index in [2.05, 4.69) is 5.32 Å². The third-order valence-electron chi connectivity index (χ3n) is 3.18. The summed E-state index contributed by atoms with van der Waals surface area (Å²) in [6, 6.07) is 4.40. The van der Waals surface area contributed by atoms with Gasteiger partial charge in [0, 0.05) is 6.04 Å². The quantitative estimate of drug-likeness (QED) is 0.811. The van der Waals surface area contributed by atoms with Crippen molar-refractivity contribution < 1.29 is 19.4 Å². The second kappa shape index (κ2) is 7.88. The lowest BCUT2D eigenvalue weighted by atomic mass is 10.1. The van der Waals surface area contributed by atoms with Gasteiger partial charge < -0.3 is 15.2 Å². The Morgan fingerprint density at radius 2 is 1.95 bits per heavy atom. The van der Waals surface area contributed by atoms with Crippen LogP contribution in [-0.4, -0.2) is 29.1 Å². The molecule has 0 fully saturated rings. The summed E-state index contributed by atoms with van der Waals surface area (Å²) in [6.07, 6.45) is 0.978. The number of aromatic carboxylic acids is 1. The maximum atomic E-state index is 12.0. The van der Waals surface area contributed by atoms with E-state index in [0.29, 0.717) is 5.75 Å². The molecule has 0 heterocycles. The molecule has 0 bridgehead atoms. The van der Waals surface area contributed by atoms with E-state index >= 15 is 0 Å². The van der Waals surface area contributed by atoms with Crippen LogP contribution in [0.2, 0.25) is 5.02 Å². The fourth-order valence-corrected chi connectivity index (χ4v) is 2.01. The SMILES string of the molecule is CCC(CC)NC(=O)C(C)Oc1ccc(Cl)c(C(=O)O)c1. The lowest BCUT2D eigenvalue weighted by Crippen LogP contribution is -2.42. The maximum Gasteiger partial charge on any atom is 0.337 e. The highest BCUT2D eigenvalue weighted by Gasteiger charge is 2.18. The van der Waals surface area contributed by atoms with Crippen molar-refractivity contribution >= 4 is 23.5 Å². The summed E-state index contributed by atoms with van der Waals surface area (Å²) in [5.41, 5.74) is -0.0539. The van der Waals surface area contributed by atoms with Gasteiger partial charge in [0.1, 0.15) is 5.75 Å². The standard InChI is InChI=1S/C15H20ClNO4/c1-4-10(5-2)17-14(18)9(3)21-11-6-7-13(16)12(8-11)15(19)20/h6-10H,4-5H2,1-3H3,(H,17,18)(H,19,20). The molecule has 2 N–H and O–H groups in total. The molecule has 0 saturated heterocycles. The molecule has 0 aliphatic carbocycles. The number of carboxylic acids is 1. The molecule has 0 aliphatic rings. The number of amides is 1. The summed E-state index contributed by atoms with van der Waals surface area (Å²) in [5, 5.41) is 12.0. The van der Waals surface area contributed by atoms with Gasteiger partial charge in [-0.05, 0) is 38.0 Å². The Hall–Kier alpha value is -1.75. The molecule has 6 heteroatoms. The van der Waals surface area contributed by atoms with Gasteiger partial charge in [-0.3, -0.25) is 4.79 Å². The normalized spacial score (nSPS) is 12.0. The smallest absolute Gasteiger partial charge is 0.337 e. The first-order valence-electron chi connectivity index (χ1n) is 6.88. The zero-order chi connectivity index (χ0) is 16.0. The van der Waals surface area contributed by atoms with Crippen LogP contribution < -0.4 is 10.1 Å². The summed E-state index contributed by atoms with van der Waals surface area (Å²) < 4.78 is 5.48. The molecule has 0 radical (unpaired) electrons. The van der Waals surface area contributed by atoms with E-state index in [1.54, 1.807) is 6.92 Å². The molecule has 0 spiro atoms. The van der Waals surface area contributed by atoms with Gasteiger partial charge in [0.05, 0.1) is 10.6 Å². The minimum atomic E-state index is -1.14. The lowest BCUT2D eigenvalue weighted by Gasteiger charge is -2.19. The molecule has 21 heavy (non-hydrogen) atoms. The first kappa shape index (κ1) is 17.3. The number of carboxylic acid groups (broad SMARTS) is 1. The van der Waals surface area contributed by atoms with Crippen molar-refractivity contribution in [3.8, 4) is 5.75 Å². The summed E-state index contributed by atoms with van der Waals surface area (Å²) >= 11 is 5.78. The van der Waals surface area contributed by atoms with Crippen molar-refractivity contribution in [2.45, 2.75) is 45.8 Å². The number of rotatable bonds is 7. The van der Waals surface area contributed by atoms with Crippen molar-refractivity contribution in [3.05, 3.63) is 28.8 Å². The Morgan fingerprint density at radius 1 is 1.33 bits per heavy atom. The molecule has 0 aliphatic heterocycles. The fraction of sp³-hybridized carbons (Fsp3) is 0.467. The Bertz CT molecular complexity index is 514. The molecule has 0 saturated carbocycles. The van der Waals surface area contributed by atoms with Crippen molar-refractivity contribution in [2.75, 3.05) is 0 Å². The van der Waals surface area contributed by atoms with Crippen LogP contribution in [0, 0.1) is 0 Å². The highest BCUT2D eigenvalue weighted by molar-refractivity contribution is 6.33. The van der Waals surface area contributed by atoms with E-state index in [9.17, 15) is 9.59 Å². The second-order valence-electron chi connectivity index (χ2n) is 4.73.